The largest absolute Gasteiger partial charge is 0.465 e. The highest BCUT2D eigenvalue weighted by Gasteiger charge is 2.59. The molecule has 2 aliphatic rings. The normalized spacial score (nSPS) is 23.2. The summed E-state index contributed by atoms with van der Waals surface area (Å²) in [5.74, 6) is -0.383. The number of carbonyl (C=O) groups excluding carboxylic acids is 3. The summed E-state index contributed by atoms with van der Waals surface area (Å²) < 4.78 is 16.4. The lowest BCUT2D eigenvalue weighted by atomic mass is 9.75. The van der Waals surface area contributed by atoms with Crippen LogP contribution in [0.1, 0.15) is 46.1 Å². The molecular formula is C23H32N2O6. The predicted molar refractivity (Wildman–Crippen MR) is 113 cm³/mol. The van der Waals surface area contributed by atoms with Crippen molar-refractivity contribution in [3.8, 4) is 0 Å². The third kappa shape index (κ3) is 5.11. The Balaban J connectivity index is 1.79. The molecule has 31 heavy (non-hydrogen) atoms. The second-order valence-corrected chi connectivity index (χ2v) is 9.09. The maximum atomic E-state index is 13.0. The molecule has 3 rings (SSSR count). The molecule has 1 aromatic rings. The molecule has 0 radical (unpaired) electrons. The van der Waals surface area contributed by atoms with Crippen molar-refractivity contribution >= 4 is 18.2 Å². The second-order valence-electron chi connectivity index (χ2n) is 9.09. The van der Waals surface area contributed by atoms with Crippen LogP contribution >= 0.6 is 0 Å². The number of piperidine rings is 1. The molecule has 0 saturated carbocycles. The first-order chi connectivity index (χ1) is 14.7. The van der Waals surface area contributed by atoms with Gasteiger partial charge in [0.15, 0.2) is 0 Å². The van der Waals surface area contributed by atoms with Crippen LogP contribution in [0.5, 0.6) is 0 Å². The zero-order valence-electron chi connectivity index (χ0n) is 18.8. The standard InChI is InChI=1S/C23H32N2O6/c1-5-29-19(26)23-12-9-13-25(21(28)31-22(2,3)4)18(23)14-24(16-23)20(27)30-15-17-10-7-6-8-11-17/h6-8,10-11,18H,5,9,12-16H2,1-4H3/t18-,23+/m1/s1. The predicted octanol–water partition coefficient (Wildman–Crippen LogP) is 3.59. The van der Waals surface area contributed by atoms with Crippen LogP contribution in [-0.4, -0.2) is 65.8 Å². The van der Waals surface area contributed by atoms with Crippen LogP contribution in [0, 0.1) is 5.41 Å². The third-order valence-electron chi connectivity index (χ3n) is 5.68. The fourth-order valence-electron chi connectivity index (χ4n) is 4.32. The smallest absolute Gasteiger partial charge is 0.410 e. The number of hydrogen-bond donors (Lipinski definition) is 0. The number of benzene rings is 1. The lowest BCUT2D eigenvalue weighted by Crippen LogP contribution is -2.58. The van der Waals surface area contributed by atoms with Gasteiger partial charge in [0, 0.05) is 19.6 Å². The van der Waals surface area contributed by atoms with Gasteiger partial charge in [0.25, 0.3) is 0 Å². The highest BCUT2D eigenvalue weighted by atomic mass is 16.6. The molecule has 2 saturated heterocycles. The molecule has 0 unspecified atom stereocenters. The van der Waals surface area contributed by atoms with E-state index in [1.54, 1.807) is 32.6 Å². The summed E-state index contributed by atoms with van der Waals surface area (Å²) in [5, 5.41) is 0. The van der Waals surface area contributed by atoms with Gasteiger partial charge in [-0.1, -0.05) is 30.3 Å². The van der Waals surface area contributed by atoms with E-state index in [1.165, 1.54) is 4.90 Å². The van der Waals surface area contributed by atoms with Gasteiger partial charge in [0.2, 0.25) is 0 Å². The topological polar surface area (TPSA) is 85.4 Å². The molecule has 2 heterocycles. The van der Waals surface area contributed by atoms with E-state index in [0.29, 0.717) is 19.4 Å². The molecule has 2 fully saturated rings. The molecule has 0 bridgehead atoms. The Morgan fingerprint density at radius 3 is 2.45 bits per heavy atom. The summed E-state index contributed by atoms with van der Waals surface area (Å²) in [7, 11) is 0. The van der Waals surface area contributed by atoms with Gasteiger partial charge in [-0.05, 0) is 46.1 Å². The van der Waals surface area contributed by atoms with Crippen molar-refractivity contribution < 1.29 is 28.6 Å². The zero-order chi connectivity index (χ0) is 22.6. The molecule has 0 spiro atoms. The van der Waals surface area contributed by atoms with E-state index in [1.807, 2.05) is 30.3 Å². The number of nitrogens with zero attached hydrogens (tertiary/aromatic N) is 2. The van der Waals surface area contributed by atoms with Crippen LogP contribution in [0.3, 0.4) is 0 Å². The van der Waals surface area contributed by atoms with Crippen LogP contribution in [0.15, 0.2) is 30.3 Å². The molecule has 8 heteroatoms. The number of amides is 2. The second kappa shape index (κ2) is 9.16. The summed E-state index contributed by atoms with van der Waals surface area (Å²) in [4.78, 5) is 41.8. The lowest BCUT2D eigenvalue weighted by molar-refractivity contribution is -0.160. The van der Waals surface area contributed by atoms with Crippen LogP contribution in [-0.2, 0) is 25.6 Å². The van der Waals surface area contributed by atoms with Crippen molar-refractivity contribution in [2.45, 2.75) is 58.8 Å². The van der Waals surface area contributed by atoms with Gasteiger partial charge in [-0.2, -0.15) is 0 Å². The average molecular weight is 433 g/mol. The molecule has 0 aliphatic carbocycles. The quantitative estimate of drug-likeness (QED) is 0.534. The summed E-state index contributed by atoms with van der Waals surface area (Å²) in [6.45, 7) is 8.35. The molecule has 2 amide bonds. The van der Waals surface area contributed by atoms with Crippen molar-refractivity contribution in [1.29, 1.82) is 0 Å². The number of rotatable bonds is 4. The first-order valence-corrected chi connectivity index (χ1v) is 10.8. The average Bonchev–Trinajstić information content (AvgIpc) is 3.13. The van der Waals surface area contributed by atoms with Crippen molar-refractivity contribution in [3.63, 3.8) is 0 Å². The molecule has 170 valence electrons. The van der Waals surface area contributed by atoms with E-state index in [2.05, 4.69) is 0 Å². The summed E-state index contributed by atoms with van der Waals surface area (Å²) >= 11 is 0. The Kier molecular flexibility index (Phi) is 6.77. The Morgan fingerprint density at radius 2 is 1.81 bits per heavy atom. The highest BCUT2D eigenvalue weighted by Crippen LogP contribution is 2.43. The number of hydrogen-bond acceptors (Lipinski definition) is 6. The summed E-state index contributed by atoms with van der Waals surface area (Å²) in [6.07, 6.45) is 0.177. The minimum absolute atomic E-state index is 0.142. The SMILES string of the molecule is CCOC(=O)[C@]12CCCN(C(=O)OC(C)(C)C)[C@@H]1CN(C(=O)OCc1ccccc1)C2. The Labute approximate surface area is 183 Å². The fraction of sp³-hybridized carbons (Fsp3) is 0.609. The molecular weight excluding hydrogens is 400 g/mol. The van der Waals surface area contributed by atoms with Gasteiger partial charge in [-0.15, -0.1) is 0 Å². The Morgan fingerprint density at radius 1 is 1.10 bits per heavy atom. The van der Waals surface area contributed by atoms with Crippen LogP contribution in [0.2, 0.25) is 0 Å². The van der Waals surface area contributed by atoms with Gasteiger partial charge in [0.05, 0.1) is 12.6 Å². The number of fused-ring (bicyclic) bond motifs is 1. The summed E-state index contributed by atoms with van der Waals surface area (Å²) in [6, 6.07) is 8.89. The fourth-order valence-corrected chi connectivity index (χ4v) is 4.32. The molecule has 2 aliphatic heterocycles. The van der Waals surface area contributed by atoms with Gasteiger partial charge in [-0.25, -0.2) is 9.59 Å². The minimum Gasteiger partial charge on any atom is -0.465 e. The van der Waals surface area contributed by atoms with Crippen molar-refractivity contribution in [2.24, 2.45) is 5.41 Å². The molecule has 1 aromatic carbocycles. The number of carbonyl (C=O) groups is 3. The van der Waals surface area contributed by atoms with E-state index in [0.717, 1.165) is 5.56 Å². The summed E-state index contributed by atoms with van der Waals surface area (Å²) in [5.41, 5.74) is -0.756. The van der Waals surface area contributed by atoms with E-state index >= 15 is 0 Å². The van der Waals surface area contributed by atoms with Crippen molar-refractivity contribution in [3.05, 3.63) is 35.9 Å². The van der Waals surface area contributed by atoms with Crippen LogP contribution < -0.4 is 0 Å². The number of ether oxygens (including phenoxy) is 3. The molecule has 2 atom stereocenters. The third-order valence-corrected chi connectivity index (χ3v) is 5.68. The van der Waals surface area contributed by atoms with E-state index < -0.39 is 29.2 Å². The lowest BCUT2D eigenvalue weighted by Gasteiger charge is -2.43. The zero-order valence-corrected chi connectivity index (χ0v) is 18.8. The highest BCUT2D eigenvalue weighted by molar-refractivity contribution is 5.82. The first kappa shape index (κ1) is 22.9. The Bertz CT molecular complexity index is 806. The Hall–Kier alpha value is -2.77. The maximum Gasteiger partial charge on any atom is 0.410 e. The van der Waals surface area contributed by atoms with Crippen LogP contribution in [0.25, 0.3) is 0 Å². The molecule has 8 nitrogen and oxygen atoms in total. The van der Waals surface area contributed by atoms with Crippen molar-refractivity contribution in [1.82, 2.24) is 9.80 Å². The van der Waals surface area contributed by atoms with Gasteiger partial charge >= 0.3 is 18.2 Å². The van der Waals surface area contributed by atoms with E-state index in [9.17, 15) is 14.4 Å². The number of esters is 1. The van der Waals surface area contributed by atoms with Gasteiger partial charge in [0.1, 0.15) is 17.6 Å². The number of likely N-dealkylation sites (tertiary alicyclic amines) is 2. The maximum absolute atomic E-state index is 13.0. The van der Waals surface area contributed by atoms with E-state index in [4.69, 9.17) is 14.2 Å². The van der Waals surface area contributed by atoms with Crippen LogP contribution in [0.4, 0.5) is 9.59 Å². The van der Waals surface area contributed by atoms with E-state index in [-0.39, 0.29) is 32.3 Å². The monoisotopic (exact) mass is 432 g/mol. The van der Waals surface area contributed by atoms with Gasteiger partial charge < -0.3 is 24.0 Å². The van der Waals surface area contributed by atoms with Gasteiger partial charge in [-0.3, -0.25) is 4.79 Å². The molecule has 0 N–H and O–H groups in total. The first-order valence-electron chi connectivity index (χ1n) is 10.8. The minimum atomic E-state index is -0.975. The molecule has 0 aromatic heterocycles. The van der Waals surface area contributed by atoms with Crippen molar-refractivity contribution in [2.75, 3.05) is 26.2 Å².